The second kappa shape index (κ2) is 8.96. The first kappa shape index (κ1) is 19.3. The fraction of sp³-hybridized carbons (Fsp3) is 0.158. The van der Waals surface area contributed by atoms with Crippen LogP contribution in [-0.2, 0) is 4.79 Å². The van der Waals surface area contributed by atoms with Crippen LogP contribution in [0.25, 0.3) is 11.3 Å². The van der Waals surface area contributed by atoms with Gasteiger partial charge in [-0.15, -0.1) is 11.3 Å². The zero-order valence-corrected chi connectivity index (χ0v) is 15.9. The lowest BCUT2D eigenvalue weighted by Gasteiger charge is -2.07. The van der Waals surface area contributed by atoms with Crippen LogP contribution in [-0.4, -0.2) is 23.3 Å². The maximum atomic E-state index is 12.1. The van der Waals surface area contributed by atoms with Crippen molar-refractivity contribution in [1.82, 2.24) is 4.98 Å². The quantitative estimate of drug-likeness (QED) is 0.530. The predicted octanol–water partition coefficient (Wildman–Crippen LogP) is 5.45. The number of benzene rings is 2. The van der Waals surface area contributed by atoms with Crippen molar-refractivity contribution in [2.24, 2.45) is 0 Å². The molecule has 1 heterocycles. The number of thioether (sulfide) groups is 1. The van der Waals surface area contributed by atoms with E-state index in [1.807, 2.05) is 36.6 Å². The van der Waals surface area contributed by atoms with Gasteiger partial charge in [0, 0.05) is 16.6 Å². The van der Waals surface area contributed by atoms with Gasteiger partial charge in [-0.05, 0) is 31.2 Å². The van der Waals surface area contributed by atoms with Gasteiger partial charge in [-0.25, -0.2) is 4.98 Å². The van der Waals surface area contributed by atoms with E-state index in [-0.39, 0.29) is 17.4 Å². The lowest BCUT2D eigenvalue weighted by Crippen LogP contribution is -2.13. The van der Waals surface area contributed by atoms with E-state index < -0.39 is 6.61 Å². The molecule has 0 aliphatic heterocycles. The van der Waals surface area contributed by atoms with Crippen LogP contribution in [0.2, 0.25) is 0 Å². The first-order valence-corrected chi connectivity index (χ1v) is 9.86. The Labute approximate surface area is 163 Å². The molecule has 4 nitrogen and oxygen atoms in total. The Hall–Kier alpha value is -2.45. The highest BCUT2D eigenvalue weighted by Gasteiger charge is 2.09. The second-order valence-electron chi connectivity index (χ2n) is 5.60. The van der Waals surface area contributed by atoms with E-state index >= 15 is 0 Å². The number of nitrogens with zero attached hydrogens (tertiary/aromatic N) is 1. The van der Waals surface area contributed by atoms with E-state index in [1.165, 1.54) is 52.9 Å². The summed E-state index contributed by atoms with van der Waals surface area (Å²) in [4.78, 5) is 16.6. The van der Waals surface area contributed by atoms with Crippen molar-refractivity contribution >= 4 is 34.7 Å². The van der Waals surface area contributed by atoms with Crippen molar-refractivity contribution in [3.63, 3.8) is 0 Å². The van der Waals surface area contributed by atoms with Gasteiger partial charge in [0.15, 0.2) is 4.34 Å². The Morgan fingerprint density at radius 1 is 1.19 bits per heavy atom. The van der Waals surface area contributed by atoms with Gasteiger partial charge < -0.3 is 10.1 Å². The average Bonchev–Trinajstić information content (AvgIpc) is 3.11. The number of carbonyl (C=O) groups is 1. The Balaban J connectivity index is 1.51. The van der Waals surface area contributed by atoms with Gasteiger partial charge in [-0.1, -0.05) is 41.6 Å². The van der Waals surface area contributed by atoms with Gasteiger partial charge in [0.1, 0.15) is 5.75 Å². The third-order valence-electron chi connectivity index (χ3n) is 3.52. The molecule has 0 saturated heterocycles. The van der Waals surface area contributed by atoms with Gasteiger partial charge in [-0.3, -0.25) is 4.79 Å². The van der Waals surface area contributed by atoms with Gasteiger partial charge in [0.05, 0.1) is 11.4 Å². The van der Waals surface area contributed by atoms with Gasteiger partial charge in [0.25, 0.3) is 0 Å². The molecule has 0 atom stereocenters. The number of anilines is 1. The van der Waals surface area contributed by atoms with Crippen LogP contribution in [0, 0.1) is 6.92 Å². The molecule has 0 spiro atoms. The molecule has 27 heavy (non-hydrogen) atoms. The summed E-state index contributed by atoms with van der Waals surface area (Å²) in [5.74, 6) is 0.0502. The number of rotatable bonds is 7. The minimum atomic E-state index is -2.87. The molecule has 0 unspecified atom stereocenters. The van der Waals surface area contributed by atoms with Crippen molar-refractivity contribution in [2.45, 2.75) is 17.9 Å². The highest BCUT2D eigenvalue weighted by atomic mass is 32.2. The van der Waals surface area contributed by atoms with Crippen molar-refractivity contribution in [1.29, 1.82) is 0 Å². The molecule has 0 aliphatic carbocycles. The van der Waals surface area contributed by atoms with Crippen molar-refractivity contribution in [2.75, 3.05) is 11.1 Å². The Bertz CT molecular complexity index is 897. The topological polar surface area (TPSA) is 51.2 Å². The molecule has 3 rings (SSSR count). The summed E-state index contributed by atoms with van der Waals surface area (Å²) in [6.07, 6.45) is 0. The highest BCUT2D eigenvalue weighted by molar-refractivity contribution is 8.01. The summed E-state index contributed by atoms with van der Waals surface area (Å²) in [5.41, 5.74) is 3.63. The van der Waals surface area contributed by atoms with Crippen molar-refractivity contribution in [3.05, 3.63) is 59.5 Å². The molecule has 2 aromatic carbocycles. The Morgan fingerprint density at radius 2 is 1.89 bits per heavy atom. The summed E-state index contributed by atoms with van der Waals surface area (Å²) >= 11 is 2.84. The number of hydrogen-bond acceptors (Lipinski definition) is 5. The normalized spacial score (nSPS) is 10.8. The molecule has 140 valence electrons. The van der Waals surface area contributed by atoms with Crippen LogP contribution >= 0.6 is 23.1 Å². The molecule has 0 fully saturated rings. The van der Waals surface area contributed by atoms with Crippen molar-refractivity contribution in [3.8, 4) is 17.0 Å². The van der Waals surface area contributed by atoms with Gasteiger partial charge in [0.2, 0.25) is 5.91 Å². The van der Waals surface area contributed by atoms with Crippen molar-refractivity contribution < 1.29 is 18.3 Å². The SMILES string of the molecule is Cc1ccc(-c2csc(SCC(=O)Nc3ccc(OC(F)F)cc3)n2)cc1. The lowest BCUT2D eigenvalue weighted by atomic mass is 10.1. The fourth-order valence-electron chi connectivity index (χ4n) is 2.22. The molecule has 1 N–H and O–H groups in total. The maximum Gasteiger partial charge on any atom is 0.387 e. The predicted molar refractivity (Wildman–Crippen MR) is 105 cm³/mol. The van der Waals surface area contributed by atoms with E-state index in [0.717, 1.165) is 15.6 Å². The van der Waals surface area contributed by atoms with Crippen LogP contribution < -0.4 is 10.1 Å². The largest absolute Gasteiger partial charge is 0.435 e. The molecule has 0 saturated carbocycles. The van der Waals surface area contributed by atoms with Crippen LogP contribution in [0.15, 0.2) is 58.3 Å². The van der Waals surface area contributed by atoms with E-state index in [1.54, 1.807) is 0 Å². The summed E-state index contributed by atoms with van der Waals surface area (Å²) < 4.78 is 29.3. The van der Waals surface area contributed by atoms with Gasteiger partial charge >= 0.3 is 6.61 Å². The molecule has 0 radical (unpaired) electrons. The monoisotopic (exact) mass is 406 g/mol. The van der Waals surface area contributed by atoms with Crippen LogP contribution in [0.5, 0.6) is 5.75 Å². The smallest absolute Gasteiger partial charge is 0.387 e. The standard InChI is InChI=1S/C19H16F2N2O2S2/c1-12-2-4-13(5-3-12)16-10-26-19(23-16)27-11-17(24)22-14-6-8-15(9-7-14)25-18(20)21/h2-10,18H,11H2,1H3,(H,22,24). The molecule has 1 aromatic heterocycles. The number of alkyl halides is 2. The minimum Gasteiger partial charge on any atom is -0.435 e. The number of thiazole rings is 1. The third-order valence-corrected chi connectivity index (χ3v) is 5.54. The summed E-state index contributed by atoms with van der Waals surface area (Å²) in [6, 6.07) is 13.9. The first-order valence-electron chi connectivity index (χ1n) is 8.00. The van der Waals surface area contributed by atoms with E-state index in [2.05, 4.69) is 15.0 Å². The number of aromatic nitrogens is 1. The number of aryl methyl sites for hydroxylation is 1. The number of nitrogens with one attached hydrogen (secondary N) is 1. The van der Waals surface area contributed by atoms with E-state index in [4.69, 9.17) is 0 Å². The molecule has 0 bridgehead atoms. The van der Waals surface area contributed by atoms with Crippen LogP contribution in [0.1, 0.15) is 5.56 Å². The molecular weight excluding hydrogens is 390 g/mol. The van der Waals surface area contributed by atoms with E-state index in [0.29, 0.717) is 5.69 Å². The average molecular weight is 406 g/mol. The first-order chi connectivity index (χ1) is 13.0. The highest BCUT2D eigenvalue weighted by Crippen LogP contribution is 2.28. The number of carbonyl (C=O) groups excluding carboxylic acids is 1. The molecule has 1 amide bonds. The summed E-state index contributed by atoms with van der Waals surface area (Å²) in [7, 11) is 0. The minimum absolute atomic E-state index is 0.0452. The molecule has 3 aromatic rings. The molecule has 8 heteroatoms. The zero-order valence-electron chi connectivity index (χ0n) is 14.3. The fourth-order valence-corrected chi connectivity index (χ4v) is 3.86. The number of halogens is 2. The lowest BCUT2D eigenvalue weighted by molar-refractivity contribution is -0.113. The number of amides is 1. The van der Waals surface area contributed by atoms with E-state index in [9.17, 15) is 13.6 Å². The van der Waals surface area contributed by atoms with Gasteiger partial charge in [-0.2, -0.15) is 8.78 Å². The zero-order chi connectivity index (χ0) is 19.2. The summed E-state index contributed by atoms with van der Waals surface area (Å²) in [5, 5.41) is 4.68. The van der Waals surface area contributed by atoms with Crippen LogP contribution in [0.4, 0.5) is 14.5 Å². The molecule has 0 aliphatic rings. The number of hydrogen-bond donors (Lipinski definition) is 1. The molecular formula is C19H16F2N2O2S2. The second-order valence-corrected chi connectivity index (χ2v) is 7.68. The Kier molecular flexibility index (Phi) is 6.41. The Morgan fingerprint density at radius 3 is 2.56 bits per heavy atom. The number of ether oxygens (including phenoxy) is 1. The van der Waals surface area contributed by atoms with Crippen LogP contribution in [0.3, 0.4) is 0 Å². The third kappa shape index (κ3) is 5.77. The maximum absolute atomic E-state index is 12.1. The summed E-state index contributed by atoms with van der Waals surface area (Å²) in [6.45, 7) is -0.839.